The highest BCUT2D eigenvalue weighted by Crippen LogP contribution is 2.13. The van der Waals surface area contributed by atoms with Gasteiger partial charge in [-0.1, -0.05) is 0 Å². The summed E-state index contributed by atoms with van der Waals surface area (Å²) >= 11 is 0. The second kappa shape index (κ2) is 6.85. The SMILES string of the molecule is CNC(=O)NC(=O)C(C)N1CCNC(=O)C1CC(=O)O. The van der Waals surface area contributed by atoms with Crippen LogP contribution in [0.4, 0.5) is 4.79 Å². The van der Waals surface area contributed by atoms with Gasteiger partial charge in [0, 0.05) is 20.1 Å². The number of carbonyl (C=O) groups excluding carboxylic acids is 3. The second-order valence-corrected chi connectivity index (χ2v) is 4.39. The Morgan fingerprint density at radius 1 is 1.50 bits per heavy atom. The van der Waals surface area contributed by atoms with Crippen molar-refractivity contribution in [1.82, 2.24) is 20.9 Å². The summed E-state index contributed by atoms with van der Waals surface area (Å²) < 4.78 is 0. The zero-order valence-corrected chi connectivity index (χ0v) is 11.3. The lowest BCUT2D eigenvalue weighted by Crippen LogP contribution is -2.61. The molecule has 0 aromatic rings. The van der Waals surface area contributed by atoms with Gasteiger partial charge in [-0.25, -0.2) is 4.79 Å². The van der Waals surface area contributed by atoms with E-state index in [1.807, 2.05) is 0 Å². The Morgan fingerprint density at radius 3 is 2.70 bits per heavy atom. The predicted octanol–water partition coefficient (Wildman–Crippen LogP) is -1.89. The summed E-state index contributed by atoms with van der Waals surface area (Å²) in [7, 11) is 1.37. The molecular weight excluding hydrogens is 268 g/mol. The number of urea groups is 1. The van der Waals surface area contributed by atoms with E-state index in [4.69, 9.17) is 5.11 Å². The number of hydrogen-bond donors (Lipinski definition) is 4. The summed E-state index contributed by atoms with van der Waals surface area (Å²) in [5, 5.41) is 15.7. The summed E-state index contributed by atoms with van der Waals surface area (Å²) in [6, 6.07) is -2.37. The Labute approximate surface area is 115 Å². The van der Waals surface area contributed by atoms with Gasteiger partial charge in [-0.3, -0.25) is 24.6 Å². The number of carboxylic acids is 1. The van der Waals surface area contributed by atoms with Gasteiger partial charge in [0.15, 0.2) is 0 Å². The highest BCUT2D eigenvalue weighted by Gasteiger charge is 2.37. The van der Waals surface area contributed by atoms with E-state index in [9.17, 15) is 19.2 Å². The molecule has 112 valence electrons. The molecule has 0 bridgehead atoms. The number of aliphatic carboxylic acids is 1. The lowest BCUT2D eigenvalue weighted by Gasteiger charge is -2.37. The first-order chi connectivity index (χ1) is 9.36. The van der Waals surface area contributed by atoms with E-state index in [1.165, 1.54) is 18.9 Å². The molecule has 0 saturated carbocycles. The highest BCUT2D eigenvalue weighted by molar-refractivity contribution is 5.97. The van der Waals surface area contributed by atoms with Crippen LogP contribution in [0.2, 0.25) is 0 Å². The van der Waals surface area contributed by atoms with Crippen LogP contribution >= 0.6 is 0 Å². The van der Waals surface area contributed by atoms with Crippen LogP contribution in [0.5, 0.6) is 0 Å². The van der Waals surface area contributed by atoms with Crippen molar-refractivity contribution in [3.05, 3.63) is 0 Å². The first kappa shape index (κ1) is 15.9. The summed E-state index contributed by atoms with van der Waals surface area (Å²) in [6.07, 6.45) is -0.399. The maximum absolute atomic E-state index is 11.9. The molecule has 0 radical (unpaired) electrons. The average Bonchev–Trinajstić information content (AvgIpc) is 2.39. The predicted molar refractivity (Wildman–Crippen MR) is 67.8 cm³/mol. The molecule has 0 aliphatic carbocycles. The number of carboxylic acid groups (broad SMARTS) is 1. The van der Waals surface area contributed by atoms with Crippen molar-refractivity contribution >= 4 is 23.8 Å². The van der Waals surface area contributed by atoms with E-state index in [0.717, 1.165) is 0 Å². The smallest absolute Gasteiger partial charge is 0.321 e. The third-order valence-electron chi connectivity index (χ3n) is 3.08. The van der Waals surface area contributed by atoms with Gasteiger partial charge in [0.25, 0.3) is 0 Å². The number of carbonyl (C=O) groups is 4. The van der Waals surface area contributed by atoms with Crippen molar-refractivity contribution in [2.75, 3.05) is 20.1 Å². The van der Waals surface area contributed by atoms with Crippen molar-refractivity contribution in [3.8, 4) is 0 Å². The number of piperazine rings is 1. The monoisotopic (exact) mass is 286 g/mol. The topological polar surface area (TPSA) is 128 Å². The van der Waals surface area contributed by atoms with Gasteiger partial charge < -0.3 is 15.7 Å². The van der Waals surface area contributed by atoms with Crippen LogP contribution in [0.3, 0.4) is 0 Å². The summed E-state index contributed by atoms with van der Waals surface area (Å²) in [4.78, 5) is 47.0. The fourth-order valence-electron chi connectivity index (χ4n) is 2.00. The van der Waals surface area contributed by atoms with Crippen molar-refractivity contribution in [2.24, 2.45) is 0 Å². The van der Waals surface area contributed by atoms with Crippen LogP contribution < -0.4 is 16.0 Å². The van der Waals surface area contributed by atoms with Crippen LogP contribution in [-0.2, 0) is 14.4 Å². The fraction of sp³-hybridized carbons (Fsp3) is 0.636. The Hall–Kier alpha value is -2.16. The van der Waals surface area contributed by atoms with Gasteiger partial charge in [0.05, 0.1) is 12.5 Å². The molecule has 0 aromatic carbocycles. The van der Waals surface area contributed by atoms with Crippen LogP contribution in [-0.4, -0.2) is 66.0 Å². The minimum atomic E-state index is -1.13. The van der Waals surface area contributed by atoms with Crippen LogP contribution in [0.25, 0.3) is 0 Å². The third-order valence-corrected chi connectivity index (χ3v) is 3.08. The van der Waals surface area contributed by atoms with E-state index >= 15 is 0 Å². The Bertz CT molecular complexity index is 425. The van der Waals surface area contributed by atoms with Crippen molar-refractivity contribution < 1.29 is 24.3 Å². The zero-order chi connectivity index (χ0) is 15.3. The normalized spacial score (nSPS) is 20.7. The number of imide groups is 1. The molecule has 0 aromatic heterocycles. The summed E-state index contributed by atoms with van der Waals surface area (Å²) in [6.45, 7) is 2.18. The maximum Gasteiger partial charge on any atom is 0.321 e. The van der Waals surface area contributed by atoms with Gasteiger partial charge in [0.2, 0.25) is 11.8 Å². The summed E-state index contributed by atoms with van der Waals surface area (Å²) in [5.41, 5.74) is 0. The molecule has 1 heterocycles. The molecule has 1 fully saturated rings. The molecule has 1 rings (SSSR count). The van der Waals surface area contributed by atoms with E-state index in [0.29, 0.717) is 13.1 Å². The Kier molecular flexibility index (Phi) is 5.44. The highest BCUT2D eigenvalue weighted by atomic mass is 16.4. The number of amides is 4. The Morgan fingerprint density at radius 2 is 2.15 bits per heavy atom. The molecule has 4 N–H and O–H groups in total. The van der Waals surface area contributed by atoms with Gasteiger partial charge in [-0.2, -0.15) is 0 Å². The molecule has 0 spiro atoms. The molecular formula is C11H18N4O5. The van der Waals surface area contributed by atoms with E-state index in [2.05, 4.69) is 16.0 Å². The fourth-order valence-corrected chi connectivity index (χ4v) is 2.00. The quantitative estimate of drug-likeness (QED) is 0.478. The number of nitrogens with zero attached hydrogens (tertiary/aromatic N) is 1. The van der Waals surface area contributed by atoms with Crippen molar-refractivity contribution in [1.29, 1.82) is 0 Å². The minimum Gasteiger partial charge on any atom is -0.481 e. The van der Waals surface area contributed by atoms with E-state index in [1.54, 1.807) is 0 Å². The molecule has 4 amide bonds. The first-order valence-corrected chi connectivity index (χ1v) is 6.14. The Balaban J connectivity index is 2.78. The number of rotatable bonds is 4. The van der Waals surface area contributed by atoms with Gasteiger partial charge in [0.1, 0.15) is 6.04 Å². The minimum absolute atomic E-state index is 0.326. The molecule has 1 aliphatic heterocycles. The zero-order valence-electron chi connectivity index (χ0n) is 11.3. The van der Waals surface area contributed by atoms with Crippen molar-refractivity contribution in [3.63, 3.8) is 0 Å². The van der Waals surface area contributed by atoms with Gasteiger partial charge >= 0.3 is 12.0 Å². The second-order valence-electron chi connectivity index (χ2n) is 4.39. The molecule has 2 atom stereocenters. The standard InChI is InChI=1S/C11H18N4O5/c1-6(9(18)14-11(20)12-2)15-4-3-13-10(19)7(15)5-8(16)17/h6-7H,3-5H2,1-2H3,(H,13,19)(H,16,17)(H2,12,14,18,20). The van der Waals surface area contributed by atoms with Crippen LogP contribution in [0.15, 0.2) is 0 Å². The molecule has 9 nitrogen and oxygen atoms in total. The summed E-state index contributed by atoms with van der Waals surface area (Å²) in [5.74, 6) is -2.15. The average molecular weight is 286 g/mol. The lowest BCUT2D eigenvalue weighted by molar-refractivity contribution is -0.145. The van der Waals surface area contributed by atoms with Crippen LogP contribution in [0, 0.1) is 0 Å². The molecule has 2 unspecified atom stereocenters. The molecule has 1 aliphatic rings. The largest absolute Gasteiger partial charge is 0.481 e. The third kappa shape index (κ3) is 3.92. The van der Waals surface area contributed by atoms with Crippen LogP contribution in [0.1, 0.15) is 13.3 Å². The maximum atomic E-state index is 11.9. The van der Waals surface area contributed by atoms with Gasteiger partial charge in [-0.15, -0.1) is 0 Å². The molecule has 1 saturated heterocycles. The van der Waals surface area contributed by atoms with E-state index < -0.39 is 42.3 Å². The number of nitrogens with one attached hydrogen (secondary N) is 3. The van der Waals surface area contributed by atoms with E-state index in [-0.39, 0.29) is 0 Å². The molecule has 9 heteroatoms. The van der Waals surface area contributed by atoms with Gasteiger partial charge in [-0.05, 0) is 6.92 Å². The first-order valence-electron chi connectivity index (χ1n) is 6.14. The number of hydrogen-bond acceptors (Lipinski definition) is 5. The van der Waals surface area contributed by atoms with Crippen molar-refractivity contribution in [2.45, 2.75) is 25.4 Å². The molecule has 20 heavy (non-hydrogen) atoms. The lowest BCUT2D eigenvalue weighted by atomic mass is 10.1.